The topological polar surface area (TPSA) is 65.1 Å². The van der Waals surface area contributed by atoms with E-state index in [2.05, 4.69) is 6.92 Å². The highest BCUT2D eigenvalue weighted by atomic mass is 16.6. The van der Waals surface area contributed by atoms with E-state index >= 15 is 0 Å². The Kier molecular flexibility index (Phi) is 3.71. The molecule has 1 aromatic rings. The molecular weight excluding hydrogens is 344 g/mol. The monoisotopic (exact) mass is 370 g/mol. The summed E-state index contributed by atoms with van der Waals surface area (Å²) in [5, 5.41) is 0. The summed E-state index contributed by atoms with van der Waals surface area (Å²) in [6.07, 6.45) is 6.43. The highest BCUT2D eigenvalue weighted by Gasteiger charge is 2.66. The largest absolute Gasteiger partial charge is 0.427 e. The smallest absolute Gasteiger partial charge is 0.308 e. The zero-order chi connectivity index (χ0) is 18.9. The van der Waals surface area contributed by atoms with Gasteiger partial charge < -0.3 is 14.2 Å². The zero-order valence-corrected chi connectivity index (χ0v) is 16.1. The fraction of sp³-hybridized carbons (Fsp3) is 0.636. The molecule has 1 aromatic carbocycles. The highest BCUT2D eigenvalue weighted by Crippen LogP contribution is 2.67. The van der Waals surface area contributed by atoms with Gasteiger partial charge in [-0.25, -0.2) is 0 Å². The van der Waals surface area contributed by atoms with E-state index in [1.165, 1.54) is 25.8 Å². The molecule has 0 bridgehead atoms. The maximum absolute atomic E-state index is 11.7. The predicted molar refractivity (Wildman–Crippen MR) is 97.7 cm³/mol. The van der Waals surface area contributed by atoms with Gasteiger partial charge in [-0.3, -0.25) is 9.59 Å². The fourth-order valence-electron chi connectivity index (χ4n) is 6.42. The van der Waals surface area contributed by atoms with Gasteiger partial charge in [-0.1, -0.05) is 6.92 Å². The third-order valence-corrected chi connectivity index (χ3v) is 7.43. The number of benzene rings is 1. The van der Waals surface area contributed by atoms with Gasteiger partial charge in [0.15, 0.2) is 0 Å². The lowest BCUT2D eigenvalue weighted by atomic mass is 9.55. The molecule has 0 aromatic heterocycles. The van der Waals surface area contributed by atoms with Gasteiger partial charge in [0.1, 0.15) is 11.5 Å². The molecule has 0 radical (unpaired) electrons. The van der Waals surface area contributed by atoms with Crippen LogP contribution in [-0.4, -0.2) is 24.1 Å². The first-order chi connectivity index (χ1) is 12.9. The number of aryl methyl sites for hydroxylation is 1. The Bertz CT molecular complexity index is 830. The van der Waals surface area contributed by atoms with E-state index in [1.54, 1.807) is 6.07 Å². The molecule has 3 aliphatic carbocycles. The van der Waals surface area contributed by atoms with E-state index in [-0.39, 0.29) is 11.9 Å². The second kappa shape index (κ2) is 5.81. The van der Waals surface area contributed by atoms with E-state index in [4.69, 9.17) is 14.2 Å². The maximum Gasteiger partial charge on any atom is 0.308 e. The van der Waals surface area contributed by atoms with Crippen molar-refractivity contribution in [2.75, 3.05) is 0 Å². The quantitative estimate of drug-likeness (QED) is 0.450. The van der Waals surface area contributed by atoms with Crippen LogP contribution in [0.2, 0.25) is 0 Å². The third kappa shape index (κ3) is 2.62. The predicted octanol–water partition coefficient (Wildman–Crippen LogP) is 3.77. The Morgan fingerprint density at radius 3 is 2.67 bits per heavy atom. The molecule has 1 heterocycles. The summed E-state index contributed by atoms with van der Waals surface area (Å²) in [6.45, 7) is 5.22. The van der Waals surface area contributed by atoms with Crippen molar-refractivity contribution < 1.29 is 23.8 Å². The van der Waals surface area contributed by atoms with E-state index < -0.39 is 0 Å². The van der Waals surface area contributed by atoms with Gasteiger partial charge >= 0.3 is 11.9 Å². The van der Waals surface area contributed by atoms with Crippen LogP contribution in [0.4, 0.5) is 0 Å². The molecule has 5 nitrogen and oxygen atoms in total. The molecular formula is C22H26O5. The summed E-state index contributed by atoms with van der Waals surface area (Å²) in [5.74, 6) is 2.05. The third-order valence-electron chi connectivity index (χ3n) is 7.43. The number of carbonyl (C=O) groups excluding carboxylic acids is 2. The Balaban J connectivity index is 1.54. The van der Waals surface area contributed by atoms with Gasteiger partial charge in [0.2, 0.25) is 0 Å². The number of esters is 2. The van der Waals surface area contributed by atoms with E-state index in [0.717, 1.165) is 31.2 Å². The summed E-state index contributed by atoms with van der Waals surface area (Å²) >= 11 is 0. The van der Waals surface area contributed by atoms with Crippen LogP contribution in [-0.2, 0) is 20.7 Å². The van der Waals surface area contributed by atoms with E-state index in [1.807, 2.05) is 6.07 Å². The molecule has 0 amide bonds. The molecule has 0 unspecified atom stereocenters. The molecule has 4 aliphatic rings. The molecule has 1 aliphatic heterocycles. The van der Waals surface area contributed by atoms with Gasteiger partial charge in [0.05, 0.1) is 12.2 Å². The number of epoxide rings is 1. The molecule has 0 spiro atoms. The van der Waals surface area contributed by atoms with Gasteiger partial charge in [-0.05, 0) is 66.9 Å². The second-order valence-corrected chi connectivity index (χ2v) is 8.97. The molecule has 5 rings (SSSR count). The average Bonchev–Trinajstić information content (AvgIpc) is 3.30. The van der Waals surface area contributed by atoms with Crippen LogP contribution in [0.5, 0.6) is 11.5 Å². The van der Waals surface area contributed by atoms with Crippen molar-refractivity contribution in [2.24, 2.45) is 17.3 Å². The lowest BCUT2D eigenvalue weighted by Gasteiger charge is -2.50. The van der Waals surface area contributed by atoms with Crippen LogP contribution < -0.4 is 9.47 Å². The first-order valence-electron chi connectivity index (χ1n) is 10.1. The summed E-state index contributed by atoms with van der Waals surface area (Å²) in [7, 11) is 0. The summed E-state index contributed by atoms with van der Waals surface area (Å²) in [4.78, 5) is 23.1. The van der Waals surface area contributed by atoms with Crippen LogP contribution in [0.1, 0.15) is 63.5 Å². The van der Waals surface area contributed by atoms with Crippen LogP contribution in [0.15, 0.2) is 12.1 Å². The average molecular weight is 370 g/mol. The Morgan fingerprint density at radius 2 is 1.93 bits per heavy atom. The Hall–Kier alpha value is -1.88. The van der Waals surface area contributed by atoms with Crippen LogP contribution in [0.3, 0.4) is 0 Å². The molecule has 144 valence electrons. The van der Waals surface area contributed by atoms with Gasteiger partial charge in [0, 0.05) is 25.5 Å². The number of carbonyl (C=O) groups is 2. The molecule has 27 heavy (non-hydrogen) atoms. The van der Waals surface area contributed by atoms with Crippen molar-refractivity contribution >= 4 is 11.9 Å². The summed E-state index contributed by atoms with van der Waals surface area (Å²) < 4.78 is 16.8. The fourth-order valence-corrected chi connectivity index (χ4v) is 6.42. The van der Waals surface area contributed by atoms with Crippen LogP contribution in [0, 0.1) is 17.3 Å². The van der Waals surface area contributed by atoms with E-state index in [0.29, 0.717) is 46.9 Å². The molecule has 2 saturated carbocycles. The highest BCUT2D eigenvalue weighted by molar-refractivity contribution is 5.72. The molecule has 0 N–H and O–H groups in total. The van der Waals surface area contributed by atoms with E-state index in [9.17, 15) is 9.59 Å². The van der Waals surface area contributed by atoms with Gasteiger partial charge in [-0.15, -0.1) is 0 Å². The molecule has 1 saturated heterocycles. The van der Waals surface area contributed by atoms with Crippen molar-refractivity contribution in [3.05, 3.63) is 23.3 Å². The second-order valence-electron chi connectivity index (χ2n) is 8.97. The number of hydrogen-bond acceptors (Lipinski definition) is 5. The minimum absolute atomic E-state index is 0.308. The van der Waals surface area contributed by atoms with Crippen molar-refractivity contribution in [1.29, 1.82) is 0 Å². The summed E-state index contributed by atoms with van der Waals surface area (Å²) in [6, 6.07) is 3.68. The number of hydrogen-bond donors (Lipinski definition) is 0. The normalized spacial score (nSPS) is 38.1. The number of rotatable bonds is 2. The zero-order valence-electron chi connectivity index (χ0n) is 16.1. The minimum atomic E-state index is -0.365. The minimum Gasteiger partial charge on any atom is -0.427 e. The van der Waals surface area contributed by atoms with Crippen molar-refractivity contribution in [3.63, 3.8) is 0 Å². The molecule has 6 atom stereocenters. The first-order valence-corrected chi connectivity index (χ1v) is 10.1. The van der Waals surface area contributed by atoms with Gasteiger partial charge in [-0.2, -0.15) is 0 Å². The van der Waals surface area contributed by atoms with Crippen LogP contribution >= 0.6 is 0 Å². The Labute approximate surface area is 159 Å². The van der Waals surface area contributed by atoms with Gasteiger partial charge in [0.25, 0.3) is 0 Å². The van der Waals surface area contributed by atoms with Crippen molar-refractivity contribution in [3.8, 4) is 11.5 Å². The standard InChI is InChI=1S/C22H26O5/c1-11(23)25-14-8-13-4-5-15-16(20(13)18(9-14)26-12(2)24)6-7-22(3)17(15)10-19-21(22)27-19/h8-9,15-17,19,21H,4-7,10H2,1-3H3/t15-,16-,17-,19-,21-,22-/m0/s1. The van der Waals surface area contributed by atoms with Crippen molar-refractivity contribution in [1.82, 2.24) is 0 Å². The lowest BCUT2D eigenvalue weighted by molar-refractivity contribution is -0.132. The Morgan fingerprint density at radius 1 is 1.15 bits per heavy atom. The molecule has 3 fully saturated rings. The number of fused-ring (bicyclic) bond motifs is 7. The maximum atomic E-state index is 11.7. The lowest BCUT2D eigenvalue weighted by Crippen LogP contribution is -2.43. The number of ether oxygens (including phenoxy) is 3. The van der Waals surface area contributed by atoms with Crippen molar-refractivity contribution in [2.45, 2.75) is 71.0 Å². The SMILES string of the molecule is CC(=O)Oc1cc2c(c(OC(C)=O)c1)[C@H]1CC[C@@]3(C)[C@@H](C[C@@H]4O[C@@H]43)[C@H]1CC2. The first kappa shape index (κ1) is 17.2. The van der Waals surface area contributed by atoms with Crippen LogP contribution in [0.25, 0.3) is 0 Å². The molecule has 5 heteroatoms. The summed E-state index contributed by atoms with van der Waals surface area (Å²) in [5.41, 5.74) is 2.64.